The summed E-state index contributed by atoms with van der Waals surface area (Å²) >= 11 is 1.57. The number of furan rings is 1. The normalized spacial score (nSPS) is 12.1. The van der Waals surface area contributed by atoms with Crippen molar-refractivity contribution in [1.82, 2.24) is 4.98 Å². The monoisotopic (exact) mass is 263 g/mol. The van der Waals surface area contributed by atoms with Crippen LogP contribution in [0.15, 0.2) is 46.0 Å². The van der Waals surface area contributed by atoms with E-state index in [4.69, 9.17) is 4.42 Å². The van der Waals surface area contributed by atoms with Crippen molar-refractivity contribution in [2.45, 2.75) is 17.2 Å². The van der Waals surface area contributed by atoms with Gasteiger partial charge in [0.2, 0.25) is 5.76 Å². The van der Waals surface area contributed by atoms with Crippen LogP contribution in [0.1, 0.15) is 28.5 Å². The molecule has 94 valence electrons. The van der Waals surface area contributed by atoms with Gasteiger partial charge in [0.25, 0.3) is 0 Å². The van der Waals surface area contributed by atoms with Crippen LogP contribution in [-0.2, 0) is 4.74 Å². The number of esters is 1. The summed E-state index contributed by atoms with van der Waals surface area (Å²) in [5, 5.41) is 0.999. The summed E-state index contributed by atoms with van der Waals surface area (Å²) in [5.41, 5.74) is 0. The maximum Gasteiger partial charge on any atom is 0.373 e. The molecule has 0 radical (unpaired) electrons. The van der Waals surface area contributed by atoms with Gasteiger partial charge in [-0.3, -0.25) is 0 Å². The topological polar surface area (TPSA) is 52.3 Å². The van der Waals surface area contributed by atoms with Gasteiger partial charge in [-0.2, -0.15) is 0 Å². The summed E-state index contributed by atoms with van der Waals surface area (Å²) in [7, 11) is 1.33. The molecule has 0 aliphatic heterocycles. The molecule has 0 unspecified atom stereocenters. The number of nitrogens with zero attached hydrogens (tertiary/aromatic N) is 1. The molecule has 0 bridgehead atoms. The summed E-state index contributed by atoms with van der Waals surface area (Å²) in [6.45, 7) is 2.00. The fourth-order valence-electron chi connectivity index (χ4n) is 1.44. The van der Waals surface area contributed by atoms with Crippen LogP contribution in [0.25, 0.3) is 0 Å². The van der Waals surface area contributed by atoms with Crippen molar-refractivity contribution < 1.29 is 13.9 Å². The number of aromatic nitrogens is 1. The minimum absolute atomic E-state index is 0.0818. The van der Waals surface area contributed by atoms with E-state index in [2.05, 4.69) is 9.72 Å². The number of methoxy groups -OCH3 is 1. The van der Waals surface area contributed by atoms with E-state index in [9.17, 15) is 4.79 Å². The Morgan fingerprint density at radius 3 is 2.89 bits per heavy atom. The standard InChI is InChI=1S/C13H13NO3S/c1-9(18-12-5-3-4-8-14-12)10-6-7-11(17-10)13(15)16-2/h3-9H,1-2H3/t9-/m1/s1. The Kier molecular flexibility index (Phi) is 4.04. The van der Waals surface area contributed by atoms with Crippen LogP contribution in [-0.4, -0.2) is 18.1 Å². The zero-order valence-corrected chi connectivity index (χ0v) is 10.9. The van der Waals surface area contributed by atoms with Crippen LogP contribution in [0.3, 0.4) is 0 Å². The molecule has 0 aromatic carbocycles. The number of hydrogen-bond acceptors (Lipinski definition) is 5. The largest absolute Gasteiger partial charge is 0.463 e. The highest BCUT2D eigenvalue weighted by Crippen LogP contribution is 2.34. The van der Waals surface area contributed by atoms with Gasteiger partial charge in [0.05, 0.1) is 17.4 Å². The van der Waals surface area contributed by atoms with Gasteiger partial charge in [0, 0.05) is 6.20 Å². The highest BCUT2D eigenvalue weighted by Gasteiger charge is 2.16. The van der Waals surface area contributed by atoms with Gasteiger partial charge < -0.3 is 9.15 Å². The number of carbonyl (C=O) groups excluding carboxylic acids is 1. The molecular weight excluding hydrogens is 250 g/mol. The van der Waals surface area contributed by atoms with Crippen LogP contribution in [0.4, 0.5) is 0 Å². The fourth-order valence-corrected chi connectivity index (χ4v) is 2.32. The molecule has 2 aromatic rings. The van der Waals surface area contributed by atoms with E-state index in [0.29, 0.717) is 0 Å². The predicted octanol–water partition coefficient (Wildman–Crippen LogP) is 3.31. The van der Waals surface area contributed by atoms with Crippen molar-refractivity contribution in [2.75, 3.05) is 7.11 Å². The molecule has 0 aliphatic rings. The Labute approximate surface area is 109 Å². The number of carbonyl (C=O) groups is 1. The highest BCUT2D eigenvalue weighted by atomic mass is 32.2. The van der Waals surface area contributed by atoms with Gasteiger partial charge >= 0.3 is 5.97 Å². The first-order valence-corrected chi connectivity index (χ1v) is 6.34. The average Bonchev–Trinajstić information content (AvgIpc) is 2.88. The molecule has 5 heteroatoms. The molecule has 0 aliphatic carbocycles. The molecule has 0 N–H and O–H groups in total. The zero-order chi connectivity index (χ0) is 13.0. The highest BCUT2D eigenvalue weighted by molar-refractivity contribution is 7.99. The molecule has 0 saturated heterocycles. The lowest BCUT2D eigenvalue weighted by atomic mass is 10.3. The molecule has 1 atom stereocenters. The second kappa shape index (κ2) is 5.73. The van der Waals surface area contributed by atoms with E-state index in [1.807, 2.05) is 25.1 Å². The minimum Gasteiger partial charge on any atom is -0.463 e. The van der Waals surface area contributed by atoms with Crippen molar-refractivity contribution in [1.29, 1.82) is 0 Å². The van der Waals surface area contributed by atoms with Crippen LogP contribution in [0, 0.1) is 0 Å². The number of pyridine rings is 1. The molecule has 0 fully saturated rings. The second-order valence-corrected chi connectivity index (χ2v) is 4.98. The van der Waals surface area contributed by atoms with Crippen molar-refractivity contribution in [3.63, 3.8) is 0 Å². The quantitative estimate of drug-likeness (QED) is 0.625. The first-order valence-electron chi connectivity index (χ1n) is 5.46. The molecule has 2 aromatic heterocycles. The van der Waals surface area contributed by atoms with Crippen LogP contribution in [0.2, 0.25) is 0 Å². The molecule has 2 heterocycles. The van der Waals surface area contributed by atoms with E-state index in [1.54, 1.807) is 30.1 Å². The molecule has 0 amide bonds. The summed E-state index contributed by atoms with van der Waals surface area (Å²) in [6.07, 6.45) is 1.75. The lowest BCUT2D eigenvalue weighted by Gasteiger charge is -2.06. The van der Waals surface area contributed by atoms with E-state index >= 15 is 0 Å². The SMILES string of the molecule is COC(=O)c1ccc([C@@H](C)Sc2ccccn2)o1. The maximum absolute atomic E-state index is 11.3. The minimum atomic E-state index is -0.462. The summed E-state index contributed by atoms with van der Waals surface area (Å²) in [6, 6.07) is 9.15. The van der Waals surface area contributed by atoms with E-state index < -0.39 is 5.97 Å². The Morgan fingerprint density at radius 1 is 1.39 bits per heavy atom. The van der Waals surface area contributed by atoms with Crippen LogP contribution in [0.5, 0.6) is 0 Å². The van der Waals surface area contributed by atoms with Crippen molar-refractivity contribution in [3.8, 4) is 0 Å². The Morgan fingerprint density at radius 2 is 2.22 bits per heavy atom. The van der Waals surface area contributed by atoms with Crippen molar-refractivity contribution in [3.05, 3.63) is 48.0 Å². The van der Waals surface area contributed by atoms with Crippen LogP contribution < -0.4 is 0 Å². The van der Waals surface area contributed by atoms with Gasteiger partial charge in [0.1, 0.15) is 5.76 Å². The van der Waals surface area contributed by atoms with E-state index in [-0.39, 0.29) is 11.0 Å². The van der Waals surface area contributed by atoms with Gasteiger partial charge in [0.15, 0.2) is 0 Å². The average molecular weight is 263 g/mol. The second-order valence-electron chi connectivity index (χ2n) is 3.62. The first kappa shape index (κ1) is 12.7. The summed E-state index contributed by atoms with van der Waals surface area (Å²) in [5.74, 6) is 0.489. The van der Waals surface area contributed by atoms with Crippen LogP contribution >= 0.6 is 11.8 Å². The lowest BCUT2D eigenvalue weighted by molar-refractivity contribution is 0.0563. The Balaban J connectivity index is 2.07. The van der Waals surface area contributed by atoms with Crippen molar-refractivity contribution >= 4 is 17.7 Å². The third kappa shape index (κ3) is 2.92. The lowest BCUT2D eigenvalue weighted by Crippen LogP contribution is -1.98. The molecule has 2 rings (SSSR count). The van der Waals surface area contributed by atoms with E-state index in [1.165, 1.54) is 7.11 Å². The van der Waals surface area contributed by atoms with Gasteiger partial charge in [-0.05, 0) is 31.2 Å². The van der Waals surface area contributed by atoms with Gasteiger partial charge in [-0.25, -0.2) is 9.78 Å². The molecule has 0 spiro atoms. The smallest absolute Gasteiger partial charge is 0.373 e. The van der Waals surface area contributed by atoms with E-state index in [0.717, 1.165) is 10.8 Å². The third-order valence-corrected chi connectivity index (χ3v) is 3.42. The zero-order valence-electron chi connectivity index (χ0n) is 10.1. The Hall–Kier alpha value is -1.75. The van der Waals surface area contributed by atoms with Gasteiger partial charge in [-0.15, -0.1) is 0 Å². The summed E-state index contributed by atoms with van der Waals surface area (Å²) < 4.78 is 10.0. The molecule has 0 saturated carbocycles. The molecule has 4 nitrogen and oxygen atoms in total. The number of hydrogen-bond donors (Lipinski definition) is 0. The maximum atomic E-state index is 11.3. The third-order valence-electron chi connectivity index (χ3n) is 2.35. The number of ether oxygens (including phenoxy) is 1. The molecular formula is C13H13NO3S. The molecule has 18 heavy (non-hydrogen) atoms. The predicted molar refractivity (Wildman–Crippen MR) is 68.6 cm³/mol. The first-order chi connectivity index (χ1) is 8.70. The fraction of sp³-hybridized carbons (Fsp3) is 0.231. The van der Waals surface area contributed by atoms with Crippen molar-refractivity contribution in [2.24, 2.45) is 0 Å². The number of rotatable bonds is 4. The number of thioether (sulfide) groups is 1. The summed E-state index contributed by atoms with van der Waals surface area (Å²) in [4.78, 5) is 15.5. The van der Waals surface area contributed by atoms with Gasteiger partial charge in [-0.1, -0.05) is 17.8 Å². The Bertz CT molecular complexity index is 524.